The number of rotatable bonds is 0. The van der Waals surface area contributed by atoms with Gasteiger partial charge in [0.2, 0.25) is 0 Å². The Morgan fingerprint density at radius 2 is 2.57 bits per heavy atom. The van der Waals surface area contributed by atoms with E-state index in [9.17, 15) is 4.79 Å². The van der Waals surface area contributed by atoms with Gasteiger partial charge in [-0.05, 0) is 6.42 Å². The highest BCUT2D eigenvalue weighted by Gasteiger charge is 2.06. The van der Waals surface area contributed by atoms with Crippen LogP contribution in [0.1, 0.15) is 12.8 Å². The van der Waals surface area contributed by atoms with Gasteiger partial charge in [-0.2, -0.15) is 5.43 Å². The lowest BCUT2D eigenvalue weighted by Crippen LogP contribution is -2.35. The molecule has 1 saturated heterocycles. The molecule has 1 heterocycles. The minimum absolute atomic E-state index is 0.0220. The zero-order valence-corrected chi connectivity index (χ0v) is 3.98. The maximum atomic E-state index is 10.2. The second-order valence-electron chi connectivity index (χ2n) is 1.52. The molecule has 39 valence electrons. The van der Waals surface area contributed by atoms with E-state index >= 15 is 0 Å². The Labute approximate surface area is 42.1 Å². The van der Waals surface area contributed by atoms with E-state index in [-0.39, 0.29) is 5.91 Å². The van der Waals surface area contributed by atoms with Gasteiger partial charge in [-0.3, -0.25) is 4.79 Å². The van der Waals surface area contributed by atoms with Crippen LogP contribution in [0.15, 0.2) is 0 Å². The van der Waals surface area contributed by atoms with Crippen LogP contribution in [0.5, 0.6) is 0 Å². The third-order valence-corrected chi connectivity index (χ3v) is 0.883. The molecule has 0 saturated carbocycles. The minimum Gasteiger partial charge on any atom is -0.271 e. The lowest BCUT2D eigenvalue weighted by atomic mass is 10.3. The Morgan fingerprint density at radius 1 is 1.71 bits per heavy atom. The Balaban J connectivity index is 2.25. The van der Waals surface area contributed by atoms with Crippen molar-refractivity contribution in [3.8, 4) is 0 Å². The number of nitrogens with one attached hydrogen (secondary N) is 1. The normalized spacial score (nSPS) is 21.4. The Morgan fingerprint density at radius 3 is 2.86 bits per heavy atom. The number of hydrogen-bond acceptors (Lipinski definition) is 2. The quantitative estimate of drug-likeness (QED) is 0.441. The molecule has 1 aliphatic rings. The van der Waals surface area contributed by atoms with Gasteiger partial charge in [0.15, 0.2) is 0 Å². The molecule has 7 heavy (non-hydrogen) atoms. The summed E-state index contributed by atoms with van der Waals surface area (Å²) in [5, 5.41) is 0. The molecule has 1 N–H and O–H groups in total. The zero-order chi connectivity index (χ0) is 5.11. The highest BCUT2D eigenvalue weighted by molar-refractivity contribution is 5.75. The topological polar surface area (TPSA) is 43.2 Å². The van der Waals surface area contributed by atoms with E-state index in [1.54, 1.807) is 0 Å². The van der Waals surface area contributed by atoms with E-state index in [0.717, 1.165) is 13.0 Å². The summed E-state index contributed by atoms with van der Waals surface area (Å²) >= 11 is 0. The summed E-state index contributed by atoms with van der Waals surface area (Å²) in [7, 11) is 0. The SMILES string of the molecule is O=C1CCCN[N]1. The summed E-state index contributed by atoms with van der Waals surface area (Å²) in [6.45, 7) is 0.853. The van der Waals surface area contributed by atoms with Crippen molar-refractivity contribution in [2.45, 2.75) is 12.8 Å². The summed E-state index contributed by atoms with van der Waals surface area (Å²) < 4.78 is 0. The van der Waals surface area contributed by atoms with Crippen molar-refractivity contribution in [3.63, 3.8) is 0 Å². The third kappa shape index (κ3) is 1.16. The predicted molar refractivity (Wildman–Crippen MR) is 24.4 cm³/mol. The molecule has 0 aromatic carbocycles. The van der Waals surface area contributed by atoms with Crippen molar-refractivity contribution in [1.29, 1.82) is 0 Å². The van der Waals surface area contributed by atoms with E-state index in [4.69, 9.17) is 0 Å². The molecule has 3 nitrogen and oxygen atoms in total. The summed E-state index contributed by atoms with van der Waals surface area (Å²) in [5.74, 6) is -0.0220. The first-order chi connectivity index (χ1) is 3.39. The highest BCUT2D eigenvalue weighted by Crippen LogP contribution is 1.90. The van der Waals surface area contributed by atoms with E-state index < -0.39 is 0 Å². The molecule has 0 aliphatic carbocycles. The van der Waals surface area contributed by atoms with Gasteiger partial charge in [-0.1, -0.05) is 0 Å². The molecule has 0 unspecified atom stereocenters. The third-order valence-electron chi connectivity index (χ3n) is 0.883. The molecule has 1 fully saturated rings. The van der Waals surface area contributed by atoms with Crippen molar-refractivity contribution in [2.24, 2.45) is 0 Å². The fourth-order valence-corrected chi connectivity index (χ4v) is 0.519. The van der Waals surface area contributed by atoms with Gasteiger partial charge in [0, 0.05) is 13.0 Å². The van der Waals surface area contributed by atoms with Crippen LogP contribution in [0.2, 0.25) is 0 Å². The van der Waals surface area contributed by atoms with Crippen molar-refractivity contribution in [1.82, 2.24) is 10.9 Å². The summed E-state index contributed by atoms with van der Waals surface area (Å²) in [6, 6.07) is 0. The molecule has 0 aromatic rings. The molecule has 0 atom stereocenters. The molecular weight excluding hydrogens is 92.1 g/mol. The van der Waals surface area contributed by atoms with Crippen molar-refractivity contribution >= 4 is 5.91 Å². The Hall–Kier alpha value is -0.570. The lowest BCUT2D eigenvalue weighted by molar-refractivity contribution is -0.123. The van der Waals surface area contributed by atoms with E-state index in [0.29, 0.717) is 6.42 Å². The van der Waals surface area contributed by atoms with E-state index in [2.05, 4.69) is 10.9 Å². The standard InChI is InChI=1S/C4H7N2O/c7-4-2-1-3-5-6-4/h5H,1-3H2. The van der Waals surface area contributed by atoms with Gasteiger partial charge < -0.3 is 0 Å². The summed E-state index contributed by atoms with van der Waals surface area (Å²) in [5.41, 5.74) is 6.05. The van der Waals surface area contributed by atoms with E-state index in [1.165, 1.54) is 0 Å². The monoisotopic (exact) mass is 99.1 g/mol. The Bertz CT molecular complexity index is 73.8. The number of carbonyl (C=O) groups excluding carboxylic acids is 1. The van der Waals surface area contributed by atoms with Gasteiger partial charge >= 0.3 is 0 Å². The number of carbonyl (C=O) groups is 1. The fourth-order valence-electron chi connectivity index (χ4n) is 0.519. The van der Waals surface area contributed by atoms with Crippen LogP contribution in [0.25, 0.3) is 0 Å². The first-order valence-corrected chi connectivity index (χ1v) is 2.36. The molecule has 3 heteroatoms. The molecule has 0 bridgehead atoms. The highest BCUT2D eigenvalue weighted by atomic mass is 16.2. The van der Waals surface area contributed by atoms with E-state index in [1.807, 2.05) is 0 Å². The molecule has 1 rings (SSSR count). The van der Waals surface area contributed by atoms with Gasteiger partial charge in [0.05, 0.1) is 0 Å². The van der Waals surface area contributed by atoms with Gasteiger partial charge in [-0.25, -0.2) is 5.43 Å². The number of amides is 1. The second-order valence-corrected chi connectivity index (χ2v) is 1.52. The van der Waals surface area contributed by atoms with Crippen LogP contribution in [0.3, 0.4) is 0 Å². The molecule has 1 amide bonds. The van der Waals surface area contributed by atoms with Gasteiger partial charge in [-0.15, -0.1) is 0 Å². The summed E-state index contributed by atoms with van der Waals surface area (Å²) in [4.78, 5) is 10.2. The number of nitrogens with zero attached hydrogens (tertiary/aromatic N) is 1. The zero-order valence-electron chi connectivity index (χ0n) is 3.98. The fraction of sp³-hybridized carbons (Fsp3) is 0.750. The molecule has 1 radical (unpaired) electrons. The molecule has 1 aliphatic heterocycles. The summed E-state index contributed by atoms with van der Waals surface area (Å²) in [6.07, 6.45) is 1.55. The van der Waals surface area contributed by atoms with Gasteiger partial charge in [0.1, 0.15) is 0 Å². The van der Waals surface area contributed by atoms with Crippen LogP contribution in [0, 0.1) is 0 Å². The molecular formula is C4H7N2O. The van der Waals surface area contributed by atoms with Gasteiger partial charge in [0.25, 0.3) is 5.91 Å². The molecule has 0 aromatic heterocycles. The first-order valence-electron chi connectivity index (χ1n) is 2.36. The smallest absolute Gasteiger partial charge is 0.257 e. The van der Waals surface area contributed by atoms with Crippen LogP contribution < -0.4 is 10.9 Å². The lowest BCUT2D eigenvalue weighted by Gasteiger charge is -2.07. The van der Waals surface area contributed by atoms with Crippen LogP contribution in [-0.4, -0.2) is 12.5 Å². The Kier molecular flexibility index (Phi) is 1.26. The van der Waals surface area contributed by atoms with Crippen LogP contribution in [0.4, 0.5) is 0 Å². The second kappa shape index (κ2) is 1.93. The largest absolute Gasteiger partial charge is 0.271 e. The van der Waals surface area contributed by atoms with Crippen LogP contribution in [-0.2, 0) is 4.79 Å². The first kappa shape index (κ1) is 4.59. The average molecular weight is 99.1 g/mol. The maximum Gasteiger partial charge on any atom is 0.257 e. The maximum absolute atomic E-state index is 10.2. The van der Waals surface area contributed by atoms with Crippen molar-refractivity contribution < 1.29 is 4.79 Å². The average Bonchev–Trinajstić information content (AvgIpc) is 1.69. The molecule has 0 spiro atoms. The predicted octanol–water partition coefficient (Wildman–Crippen LogP) is -0.584. The van der Waals surface area contributed by atoms with Crippen LogP contribution >= 0.6 is 0 Å². The number of hydrogen-bond donors (Lipinski definition) is 1. The van der Waals surface area contributed by atoms with Crippen molar-refractivity contribution in [3.05, 3.63) is 0 Å². The van der Waals surface area contributed by atoms with Crippen molar-refractivity contribution in [2.75, 3.05) is 6.54 Å². The minimum atomic E-state index is -0.0220.